The Hall–Kier alpha value is -1.30. The van der Waals surface area contributed by atoms with Gasteiger partial charge in [0.25, 0.3) is 0 Å². The molecule has 0 radical (unpaired) electrons. The molecule has 0 bridgehead atoms. The molecule has 84 valence electrons. The number of azide groups is 1. The number of hydrogen-bond donors (Lipinski definition) is 2. The zero-order chi connectivity index (χ0) is 11.3. The van der Waals surface area contributed by atoms with Crippen molar-refractivity contribution in [2.24, 2.45) is 10.8 Å². The Morgan fingerprint density at radius 1 is 1.80 bits per heavy atom. The predicted molar refractivity (Wildman–Crippen MR) is 56.1 cm³/mol. The van der Waals surface area contributed by atoms with Gasteiger partial charge in [0.15, 0.2) is 0 Å². The van der Waals surface area contributed by atoms with Crippen LogP contribution < -0.4 is 11.1 Å². The van der Waals surface area contributed by atoms with E-state index in [1.54, 1.807) is 0 Å². The molecule has 7 nitrogen and oxygen atoms in total. The lowest BCUT2D eigenvalue weighted by atomic mass is 9.98. The Morgan fingerprint density at radius 2 is 2.53 bits per heavy atom. The number of primary amides is 1. The Labute approximate surface area is 88.2 Å². The second kappa shape index (κ2) is 4.97. The molecule has 0 aromatic carbocycles. The first-order valence-electron chi connectivity index (χ1n) is 4.85. The number of likely N-dealkylation sites (tertiary alicyclic amines) is 1. The van der Waals surface area contributed by atoms with Crippen molar-refractivity contribution in [2.45, 2.75) is 12.0 Å². The third kappa shape index (κ3) is 2.82. The van der Waals surface area contributed by atoms with E-state index in [-0.39, 0.29) is 5.91 Å². The van der Waals surface area contributed by atoms with Gasteiger partial charge < -0.3 is 16.0 Å². The molecule has 1 saturated heterocycles. The molecule has 1 heterocycles. The van der Waals surface area contributed by atoms with E-state index in [0.29, 0.717) is 26.1 Å². The number of rotatable bonds is 5. The molecule has 1 amide bonds. The topological polar surface area (TPSA) is 107 Å². The van der Waals surface area contributed by atoms with E-state index < -0.39 is 5.54 Å². The summed E-state index contributed by atoms with van der Waals surface area (Å²) < 4.78 is 0. The molecule has 1 fully saturated rings. The maximum atomic E-state index is 11.4. The van der Waals surface area contributed by atoms with Gasteiger partial charge in [0.2, 0.25) is 5.91 Å². The lowest BCUT2D eigenvalue weighted by Crippen LogP contribution is -2.57. The smallest absolute Gasteiger partial charge is 0.239 e. The molecule has 0 saturated carbocycles. The highest BCUT2D eigenvalue weighted by molar-refractivity contribution is 5.85. The van der Waals surface area contributed by atoms with Crippen molar-refractivity contribution in [2.75, 3.05) is 33.2 Å². The molecular weight excluding hydrogens is 196 g/mol. The molecule has 1 aliphatic rings. The third-order valence-electron chi connectivity index (χ3n) is 2.67. The summed E-state index contributed by atoms with van der Waals surface area (Å²) in [5.41, 5.74) is 12.8. The van der Waals surface area contributed by atoms with Gasteiger partial charge in [0, 0.05) is 31.1 Å². The zero-order valence-electron chi connectivity index (χ0n) is 8.81. The van der Waals surface area contributed by atoms with Crippen LogP contribution in [-0.2, 0) is 4.79 Å². The fourth-order valence-corrected chi connectivity index (χ4v) is 1.82. The van der Waals surface area contributed by atoms with Gasteiger partial charge in [-0.3, -0.25) is 4.79 Å². The first kappa shape index (κ1) is 11.8. The Bertz CT molecular complexity index is 287. The summed E-state index contributed by atoms with van der Waals surface area (Å²) in [4.78, 5) is 16.1. The van der Waals surface area contributed by atoms with Gasteiger partial charge in [-0.1, -0.05) is 5.11 Å². The summed E-state index contributed by atoms with van der Waals surface area (Å²) >= 11 is 0. The van der Waals surface area contributed by atoms with Crippen LogP contribution in [0.3, 0.4) is 0 Å². The molecule has 15 heavy (non-hydrogen) atoms. The largest absolute Gasteiger partial charge is 0.368 e. The summed E-state index contributed by atoms with van der Waals surface area (Å²) in [6, 6.07) is 0. The summed E-state index contributed by atoms with van der Waals surface area (Å²) in [5.74, 6) is -0.340. The normalized spacial score (nSPS) is 26.2. The minimum absolute atomic E-state index is 0.329. The standard InChI is InChI=1S/C8H16N6O/c1-14-5-2-8(6-14,7(9)15)11-3-4-12-13-10/h11H,2-6H2,1H3,(H2,9,15). The lowest BCUT2D eigenvalue weighted by molar-refractivity contribution is -0.123. The van der Waals surface area contributed by atoms with Crippen LogP contribution in [0.4, 0.5) is 0 Å². The van der Waals surface area contributed by atoms with E-state index in [4.69, 9.17) is 11.3 Å². The van der Waals surface area contributed by atoms with Crippen molar-refractivity contribution in [3.8, 4) is 0 Å². The molecule has 0 aliphatic carbocycles. The predicted octanol–water partition coefficient (Wildman–Crippen LogP) is -0.554. The Balaban J connectivity index is 2.51. The highest BCUT2D eigenvalue weighted by atomic mass is 16.1. The number of amides is 1. The van der Waals surface area contributed by atoms with E-state index in [0.717, 1.165) is 6.54 Å². The maximum Gasteiger partial charge on any atom is 0.239 e. The number of nitrogens with zero attached hydrogens (tertiary/aromatic N) is 4. The molecule has 0 aromatic rings. The van der Waals surface area contributed by atoms with Gasteiger partial charge in [0.05, 0.1) is 0 Å². The summed E-state index contributed by atoms with van der Waals surface area (Å²) in [6.07, 6.45) is 0.703. The van der Waals surface area contributed by atoms with Crippen molar-refractivity contribution >= 4 is 5.91 Å². The van der Waals surface area contributed by atoms with E-state index in [9.17, 15) is 4.79 Å². The number of nitrogens with two attached hydrogens (primary N) is 1. The second-order valence-corrected chi connectivity index (χ2v) is 3.82. The first-order valence-corrected chi connectivity index (χ1v) is 4.85. The molecule has 1 unspecified atom stereocenters. The molecule has 3 N–H and O–H groups in total. The molecule has 0 spiro atoms. The van der Waals surface area contributed by atoms with Crippen LogP contribution in [-0.4, -0.2) is 49.6 Å². The average molecular weight is 212 g/mol. The minimum atomic E-state index is -0.653. The Morgan fingerprint density at radius 3 is 3.00 bits per heavy atom. The molecular formula is C8H16N6O. The van der Waals surface area contributed by atoms with Crippen LogP contribution in [0.2, 0.25) is 0 Å². The van der Waals surface area contributed by atoms with Gasteiger partial charge >= 0.3 is 0 Å². The van der Waals surface area contributed by atoms with Crippen molar-refractivity contribution in [1.29, 1.82) is 0 Å². The van der Waals surface area contributed by atoms with Crippen molar-refractivity contribution in [3.63, 3.8) is 0 Å². The van der Waals surface area contributed by atoms with Gasteiger partial charge in [-0.2, -0.15) is 0 Å². The van der Waals surface area contributed by atoms with E-state index in [1.807, 2.05) is 11.9 Å². The van der Waals surface area contributed by atoms with Crippen LogP contribution in [0.15, 0.2) is 5.11 Å². The zero-order valence-corrected chi connectivity index (χ0v) is 8.81. The van der Waals surface area contributed by atoms with Crippen molar-refractivity contribution in [3.05, 3.63) is 10.4 Å². The fourth-order valence-electron chi connectivity index (χ4n) is 1.82. The lowest BCUT2D eigenvalue weighted by Gasteiger charge is -2.26. The van der Waals surface area contributed by atoms with E-state index >= 15 is 0 Å². The van der Waals surface area contributed by atoms with Crippen molar-refractivity contribution < 1.29 is 4.79 Å². The van der Waals surface area contributed by atoms with Gasteiger partial charge in [0.1, 0.15) is 5.54 Å². The highest BCUT2D eigenvalue weighted by Crippen LogP contribution is 2.19. The van der Waals surface area contributed by atoms with E-state index in [2.05, 4.69) is 15.3 Å². The number of hydrogen-bond acceptors (Lipinski definition) is 4. The maximum absolute atomic E-state index is 11.4. The van der Waals surface area contributed by atoms with Gasteiger partial charge in [-0.05, 0) is 19.0 Å². The molecule has 7 heteroatoms. The van der Waals surface area contributed by atoms with Crippen LogP contribution in [0.5, 0.6) is 0 Å². The quantitative estimate of drug-likeness (QED) is 0.276. The molecule has 1 aliphatic heterocycles. The number of likely N-dealkylation sites (N-methyl/N-ethyl adjacent to an activating group) is 1. The molecule has 0 aromatic heterocycles. The summed E-state index contributed by atoms with van der Waals surface area (Å²) in [6.45, 7) is 2.26. The van der Waals surface area contributed by atoms with Gasteiger partial charge in [-0.15, -0.1) is 0 Å². The van der Waals surface area contributed by atoms with Crippen LogP contribution >= 0.6 is 0 Å². The average Bonchev–Trinajstić information content (AvgIpc) is 2.56. The van der Waals surface area contributed by atoms with Crippen molar-refractivity contribution in [1.82, 2.24) is 10.2 Å². The Kier molecular flexibility index (Phi) is 3.90. The summed E-state index contributed by atoms with van der Waals surface area (Å²) in [5, 5.41) is 6.47. The van der Waals surface area contributed by atoms with Crippen LogP contribution in [0.1, 0.15) is 6.42 Å². The second-order valence-electron chi connectivity index (χ2n) is 3.82. The highest BCUT2D eigenvalue weighted by Gasteiger charge is 2.41. The molecule has 1 rings (SSSR count). The monoisotopic (exact) mass is 212 g/mol. The van der Waals surface area contributed by atoms with E-state index in [1.165, 1.54) is 0 Å². The SMILES string of the molecule is CN1CCC(NCCN=[N+]=[N-])(C(N)=O)C1. The van der Waals surface area contributed by atoms with Crippen LogP contribution in [0.25, 0.3) is 10.4 Å². The van der Waals surface area contributed by atoms with Gasteiger partial charge in [-0.25, -0.2) is 0 Å². The van der Waals surface area contributed by atoms with Crippen LogP contribution in [0, 0.1) is 0 Å². The minimum Gasteiger partial charge on any atom is -0.368 e. The third-order valence-corrected chi connectivity index (χ3v) is 2.67. The number of carbonyl (C=O) groups is 1. The fraction of sp³-hybridized carbons (Fsp3) is 0.875. The number of nitrogens with one attached hydrogen (secondary N) is 1. The number of carbonyl (C=O) groups excluding carboxylic acids is 1. The first-order chi connectivity index (χ1) is 7.10. The molecule has 1 atom stereocenters. The summed E-state index contributed by atoms with van der Waals surface area (Å²) in [7, 11) is 1.94.